The zero-order valence-corrected chi connectivity index (χ0v) is 19.1. The van der Waals surface area contributed by atoms with Crippen LogP contribution in [0.15, 0.2) is 0 Å². The molecule has 2 rings (SSSR count). The number of urea groups is 1. The van der Waals surface area contributed by atoms with Crippen molar-refractivity contribution in [2.75, 3.05) is 18.8 Å². The standard InChI is InChI=1S/C22H40N4O3S/c23-14-8-3-9-15-24-20(28)13-5-2-1-4-10-17(27)11-6-7-12-19-21-18(16-30-19)25-22(29)26-21/h18-19,21H,1-16,23H2,(H,24,28)(H2,25,26,29)/t18-,19?,21-/m0/s1. The molecule has 0 aromatic rings. The molecule has 0 spiro atoms. The van der Waals surface area contributed by atoms with Crippen LogP contribution in [0.3, 0.4) is 0 Å². The van der Waals surface area contributed by atoms with E-state index in [2.05, 4.69) is 16.0 Å². The Kier molecular flexibility index (Phi) is 12.2. The molecule has 2 aliphatic heterocycles. The van der Waals surface area contributed by atoms with Crippen molar-refractivity contribution in [3.63, 3.8) is 0 Å². The van der Waals surface area contributed by atoms with E-state index in [4.69, 9.17) is 5.73 Å². The Hall–Kier alpha value is -1.28. The Morgan fingerprint density at radius 3 is 2.40 bits per heavy atom. The van der Waals surface area contributed by atoms with Crippen molar-refractivity contribution in [3.05, 3.63) is 0 Å². The second-order valence-corrected chi connectivity index (χ2v) is 9.79. The predicted octanol–water partition coefficient (Wildman–Crippen LogP) is 2.87. The first-order valence-electron chi connectivity index (χ1n) is 11.8. The molecule has 0 bridgehead atoms. The summed E-state index contributed by atoms with van der Waals surface area (Å²) in [6.07, 6.45) is 11.9. The highest BCUT2D eigenvalue weighted by Gasteiger charge is 2.42. The minimum Gasteiger partial charge on any atom is -0.356 e. The van der Waals surface area contributed by atoms with E-state index in [1.807, 2.05) is 11.8 Å². The Morgan fingerprint density at radius 1 is 0.933 bits per heavy atom. The third-order valence-electron chi connectivity index (χ3n) is 5.94. The van der Waals surface area contributed by atoms with Crippen LogP contribution < -0.4 is 21.7 Å². The van der Waals surface area contributed by atoms with Crippen LogP contribution >= 0.6 is 11.8 Å². The molecule has 0 aliphatic carbocycles. The third kappa shape index (κ3) is 9.69. The van der Waals surface area contributed by atoms with Gasteiger partial charge in [0.05, 0.1) is 12.1 Å². The highest BCUT2D eigenvalue weighted by atomic mass is 32.2. The lowest BCUT2D eigenvalue weighted by Crippen LogP contribution is -2.36. The van der Waals surface area contributed by atoms with Crippen molar-refractivity contribution in [1.29, 1.82) is 0 Å². The van der Waals surface area contributed by atoms with Crippen LogP contribution in [0, 0.1) is 0 Å². The maximum absolute atomic E-state index is 12.1. The number of fused-ring (bicyclic) bond motifs is 1. The van der Waals surface area contributed by atoms with Gasteiger partial charge < -0.3 is 21.7 Å². The zero-order valence-electron chi connectivity index (χ0n) is 18.3. The van der Waals surface area contributed by atoms with Gasteiger partial charge in [0.25, 0.3) is 0 Å². The number of thioether (sulfide) groups is 1. The summed E-state index contributed by atoms with van der Waals surface area (Å²) < 4.78 is 0. The molecular formula is C22H40N4O3S. The molecule has 3 atom stereocenters. The van der Waals surface area contributed by atoms with Crippen LogP contribution in [-0.4, -0.2) is 53.9 Å². The fraction of sp³-hybridized carbons (Fsp3) is 0.864. The molecule has 2 saturated heterocycles. The molecule has 7 nitrogen and oxygen atoms in total. The first-order chi connectivity index (χ1) is 14.6. The van der Waals surface area contributed by atoms with E-state index in [1.165, 1.54) is 0 Å². The number of nitrogens with two attached hydrogens (primary N) is 1. The fourth-order valence-electron chi connectivity index (χ4n) is 4.16. The van der Waals surface area contributed by atoms with Crippen molar-refractivity contribution >= 4 is 29.5 Å². The normalized spacial score (nSPS) is 22.4. The highest BCUT2D eigenvalue weighted by molar-refractivity contribution is 8.00. The summed E-state index contributed by atoms with van der Waals surface area (Å²) in [5, 5.41) is 9.41. The molecule has 2 fully saturated rings. The molecule has 1 unspecified atom stereocenters. The second kappa shape index (κ2) is 14.7. The minimum atomic E-state index is -0.0376. The van der Waals surface area contributed by atoms with E-state index >= 15 is 0 Å². The van der Waals surface area contributed by atoms with Gasteiger partial charge in [-0.15, -0.1) is 0 Å². The van der Waals surface area contributed by atoms with E-state index in [9.17, 15) is 14.4 Å². The molecule has 172 valence electrons. The minimum absolute atomic E-state index is 0.0376. The molecular weight excluding hydrogens is 400 g/mol. The summed E-state index contributed by atoms with van der Waals surface area (Å²) in [5.74, 6) is 1.49. The fourth-order valence-corrected chi connectivity index (χ4v) is 5.70. The molecule has 0 radical (unpaired) electrons. The summed E-state index contributed by atoms with van der Waals surface area (Å²) in [7, 11) is 0. The topological polar surface area (TPSA) is 113 Å². The largest absolute Gasteiger partial charge is 0.356 e. The Bertz CT molecular complexity index is 546. The Labute approximate surface area is 185 Å². The van der Waals surface area contributed by atoms with Crippen molar-refractivity contribution in [1.82, 2.24) is 16.0 Å². The summed E-state index contributed by atoms with van der Waals surface area (Å²) in [6.45, 7) is 1.47. The summed E-state index contributed by atoms with van der Waals surface area (Å²) in [6, 6.07) is 0.502. The van der Waals surface area contributed by atoms with Gasteiger partial charge in [0.2, 0.25) is 5.91 Å². The molecule has 0 aromatic carbocycles. The van der Waals surface area contributed by atoms with Crippen LogP contribution in [0.1, 0.15) is 83.5 Å². The van der Waals surface area contributed by atoms with Crippen molar-refractivity contribution in [3.8, 4) is 0 Å². The van der Waals surface area contributed by atoms with Gasteiger partial charge in [0, 0.05) is 36.8 Å². The van der Waals surface area contributed by atoms with Gasteiger partial charge in [-0.3, -0.25) is 9.59 Å². The summed E-state index contributed by atoms with van der Waals surface area (Å²) in [5.41, 5.74) is 5.45. The number of nitrogens with one attached hydrogen (secondary N) is 3. The van der Waals surface area contributed by atoms with E-state index in [1.54, 1.807) is 0 Å². The van der Waals surface area contributed by atoms with Crippen LogP contribution in [0.4, 0.5) is 4.79 Å². The molecule has 0 aromatic heterocycles. The van der Waals surface area contributed by atoms with E-state index < -0.39 is 0 Å². The van der Waals surface area contributed by atoms with Gasteiger partial charge in [-0.2, -0.15) is 11.8 Å². The number of carbonyl (C=O) groups is 3. The molecule has 3 amide bonds. The second-order valence-electron chi connectivity index (χ2n) is 8.52. The Morgan fingerprint density at radius 2 is 1.63 bits per heavy atom. The average molecular weight is 441 g/mol. The predicted molar refractivity (Wildman–Crippen MR) is 123 cm³/mol. The Balaban J connectivity index is 1.36. The number of Topliss-reactive ketones (excluding diaryl/α,β-unsaturated/α-hetero) is 1. The first kappa shape index (κ1) is 25.0. The number of ketones is 1. The summed E-state index contributed by atoms with van der Waals surface area (Å²) >= 11 is 1.93. The highest BCUT2D eigenvalue weighted by Crippen LogP contribution is 2.33. The molecule has 5 N–H and O–H groups in total. The number of amides is 3. The lowest BCUT2D eigenvalue weighted by atomic mass is 10.0. The van der Waals surface area contributed by atoms with Crippen LogP contribution in [-0.2, 0) is 9.59 Å². The zero-order chi connectivity index (χ0) is 21.6. The van der Waals surface area contributed by atoms with E-state index in [-0.39, 0.29) is 24.0 Å². The van der Waals surface area contributed by atoms with Crippen molar-refractivity contribution in [2.24, 2.45) is 5.73 Å². The maximum Gasteiger partial charge on any atom is 0.315 e. The van der Waals surface area contributed by atoms with Crippen LogP contribution in [0.5, 0.6) is 0 Å². The first-order valence-corrected chi connectivity index (χ1v) is 12.8. The molecule has 2 heterocycles. The molecule has 0 saturated carbocycles. The number of rotatable bonds is 17. The smallest absolute Gasteiger partial charge is 0.315 e. The lowest BCUT2D eigenvalue weighted by Gasteiger charge is -2.16. The van der Waals surface area contributed by atoms with Gasteiger partial charge in [-0.1, -0.05) is 25.7 Å². The van der Waals surface area contributed by atoms with Crippen molar-refractivity contribution < 1.29 is 14.4 Å². The van der Waals surface area contributed by atoms with Crippen LogP contribution in [0.25, 0.3) is 0 Å². The maximum atomic E-state index is 12.1. The number of unbranched alkanes of at least 4 members (excludes halogenated alkanes) is 6. The van der Waals surface area contributed by atoms with Crippen molar-refractivity contribution in [2.45, 2.75) is 101 Å². The summed E-state index contributed by atoms with van der Waals surface area (Å²) in [4.78, 5) is 35.2. The van der Waals surface area contributed by atoms with Gasteiger partial charge in [0.15, 0.2) is 0 Å². The van der Waals surface area contributed by atoms with Gasteiger partial charge in [-0.05, 0) is 45.1 Å². The molecule has 2 aliphatic rings. The van der Waals surface area contributed by atoms with E-state index in [0.717, 1.165) is 83.1 Å². The number of hydrogen-bond acceptors (Lipinski definition) is 5. The number of carbonyl (C=O) groups excluding carboxylic acids is 3. The quantitative estimate of drug-likeness (QED) is 0.205. The number of hydrogen-bond donors (Lipinski definition) is 4. The SMILES string of the molecule is NCCCCCNC(=O)CCCCCCC(=O)CCCCC1SC[C@@H]2NC(=O)N[C@H]12. The van der Waals surface area contributed by atoms with Crippen LogP contribution in [0.2, 0.25) is 0 Å². The average Bonchev–Trinajstić information content (AvgIpc) is 3.27. The van der Waals surface area contributed by atoms with Gasteiger partial charge in [0.1, 0.15) is 5.78 Å². The lowest BCUT2D eigenvalue weighted by molar-refractivity contribution is -0.121. The van der Waals surface area contributed by atoms with Gasteiger partial charge >= 0.3 is 6.03 Å². The van der Waals surface area contributed by atoms with Gasteiger partial charge in [-0.25, -0.2) is 4.79 Å². The molecule has 8 heteroatoms. The molecule has 30 heavy (non-hydrogen) atoms. The monoisotopic (exact) mass is 440 g/mol. The van der Waals surface area contributed by atoms with E-state index in [0.29, 0.717) is 30.3 Å². The third-order valence-corrected chi connectivity index (χ3v) is 7.45.